The summed E-state index contributed by atoms with van der Waals surface area (Å²) in [5.74, 6) is 3.67. The minimum Gasteiger partial charge on any atom is -0.443 e. The molecule has 1 heteroatoms. The van der Waals surface area contributed by atoms with Crippen molar-refractivity contribution >= 4 is 0 Å². The van der Waals surface area contributed by atoms with E-state index < -0.39 is 0 Å². The molecule has 2 fully saturated rings. The first-order chi connectivity index (χ1) is 6.52. The Hall–Kier alpha value is -0.640. The molecule has 2 bridgehead atoms. The Bertz CT molecular complexity index is 294. The van der Waals surface area contributed by atoms with Gasteiger partial charge >= 0.3 is 0 Å². The van der Waals surface area contributed by atoms with Crippen molar-refractivity contribution in [3.05, 3.63) is 0 Å². The average molecular weight is 192 g/mol. The van der Waals surface area contributed by atoms with E-state index in [1.807, 2.05) is 6.92 Å². The van der Waals surface area contributed by atoms with Crippen molar-refractivity contribution in [2.45, 2.75) is 53.1 Å². The summed E-state index contributed by atoms with van der Waals surface area (Å²) in [6.45, 7) is 9.00. The van der Waals surface area contributed by atoms with Crippen molar-refractivity contribution in [1.29, 1.82) is 0 Å². The number of ether oxygens (including phenoxy) is 1. The fourth-order valence-corrected chi connectivity index (χ4v) is 3.44. The smallest absolute Gasteiger partial charge is 0.117 e. The number of hydrogen-bond acceptors (Lipinski definition) is 1. The van der Waals surface area contributed by atoms with Gasteiger partial charge < -0.3 is 4.74 Å². The van der Waals surface area contributed by atoms with Crippen LogP contribution in [0.2, 0.25) is 0 Å². The van der Waals surface area contributed by atoms with E-state index in [1.165, 1.54) is 19.3 Å². The molecule has 0 radical (unpaired) electrons. The van der Waals surface area contributed by atoms with Gasteiger partial charge in [0, 0.05) is 12.3 Å². The molecule has 0 heterocycles. The van der Waals surface area contributed by atoms with Crippen molar-refractivity contribution in [1.82, 2.24) is 0 Å². The highest BCUT2D eigenvalue weighted by Crippen LogP contribution is 2.66. The van der Waals surface area contributed by atoms with Gasteiger partial charge in [0.15, 0.2) is 0 Å². The summed E-state index contributed by atoms with van der Waals surface area (Å²) in [5.41, 5.74) is 0.786. The predicted octanol–water partition coefficient (Wildman–Crippen LogP) is 3.20. The molecule has 0 amide bonds. The molecule has 0 aromatic heterocycles. The molecule has 78 valence electrons. The van der Waals surface area contributed by atoms with Gasteiger partial charge in [-0.3, -0.25) is 0 Å². The highest BCUT2D eigenvalue weighted by atomic mass is 16.5. The first kappa shape index (κ1) is 9.90. The maximum Gasteiger partial charge on any atom is 0.117 e. The predicted molar refractivity (Wildman–Crippen MR) is 57.6 cm³/mol. The van der Waals surface area contributed by atoms with Crippen molar-refractivity contribution in [3.63, 3.8) is 0 Å². The van der Waals surface area contributed by atoms with E-state index in [0.717, 1.165) is 5.92 Å². The van der Waals surface area contributed by atoms with Gasteiger partial charge in [0.1, 0.15) is 12.2 Å². The third-order valence-electron chi connectivity index (χ3n) is 5.02. The summed E-state index contributed by atoms with van der Waals surface area (Å²) in [6.07, 6.45) is 7.04. The molecule has 2 aliphatic rings. The fourth-order valence-electron chi connectivity index (χ4n) is 3.44. The molecular weight excluding hydrogens is 172 g/mol. The van der Waals surface area contributed by atoms with E-state index in [1.54, 1.807) is 0 Å². The zero-order valence-corrected chi connectivity index (χ0v) is 9.68. The highest BCUT2D eigenvalue weighted by Gasteiger charge is 2.62. The minimum absolute atomic E-state index is 0.349. The van der Waals surface area contributed by atoms with Crippen LogP contribution in [0.15, 0.2) is 0 Å². The van der Waals surface area contributed by atoms with Crippen molar-refractivity contribution in [2.75, 3.05) is 0 Å². The lowest BCUT2D eigenvalue weighted by molar-refractivity contribution is 0.0117. The molecule has 0 aliphatic heterocycles. The van der Waals surface area contributed by atoms with Gasteiger partial charge in [-0.25, -0.2) is 0 Å². The van der Waals surface area contributed by atoms with Gasteiger partial charge in [0.2, 0.25) is 0 Å². The molecule has 0 aromatic carbocycles. The van der Waals surface area contributed by atoms with Gasteiger partial charge in [0.25, 0.3) is 0 Å². The van der Waals surface area contributed by atoms with E-state index >= 15 is 0 Å². The SMILES string of the molecule is CC#COC1C[C@@H]2CC[C@@]1(C)C2(C)C. The molecule has 1 unspecified atom stereocenters. The molecule has 0 spiro atoms. The maximum atomic E-state index is 5.66. The summed E-state index contributed by atoms with van der Waals surface area (Å²) < 4.78 is 5.66. The first-order valence-corrected chi connectivity index (χ1v) is 5.60. The second kappa shape index (κ2) is 2.92. The summed E-state index contributed by atoms with van der Waals surface area (Å²) in [7, 11) is 0. The zero-order valence-electron chi connectivity index (χ0n) is 9.68. The lowest BCUT2D eigenvalue weighted by Gasteiger charge is -2.37. The summed E-state index contributed by atoms with van der Waals surface area (Å²) in [5, 5.41) is 0. The molecule has 0 aromatic rings. The van der Waals surface area contributed by atoms with Gasteiger partial charge in [-0.05, 0) is 30.6 Å². The molecular formula is C13H20O. The van der Waals surface area contributed by atoms with Crippen LogP contribution < -0.4 is 0 Å². The van der Waals surface area contributed by atoms with Crippen LogP contribution in [0.25, 0.3) is 0 Å². The zero-order chi connectivity index (χ0) is 10.4. The van der Waals surface area contributed by atoms with Crippen LogP contribution in [0.5, 0.6) is 0 Å². The summed E-state index contributed by atoms with van der Waals surface area (Å²) in [6, 6.07) is 0. The largest absolute Gasteiger partial charge is 0.443 e. The lowest BCUT2D eigenvalue weighted by atomic mass is 9.70. The van der Waals surface area contributed by atoms with Gasteiger partial charge in [-0.2, -0.15) is 0 Å². The van der Waals surface area contributed by atoms with Gasteiger partial charge in [-0.1, -0.05) is 26.7 Å². The second-order valence-electron chi connectivity index (χ2n) is 5.57. The van der Waals surface area contributed by atoms with Crippen LogP contribution in [-0.2, 0) is 4.74 Å². The Labute approximate surface area is 87.2 Å². The Kier molecular flexibility index (Phi) is 2.07. The van der Waals surface area contributed by atoms with E-state index in [9.17, 15) is 0 Å². The molecule has 0 saturated heterocycles. The quantitative estimate of drug-likeness (QED) is 0.580. The van der Waals surface area contributed by atoms with Crippen LogP contribution >= 0.6 is 0 Å². The van der Waals surface area contributed by atoms with E-state index in [-0.39, 0.29) is 0 Å². The van der Waals surface area contributed by atoms with Crippen molar-refractivity contribution in [3.8, 4) is 12.0 Å². The standard InChI is InChI=1S/C13H20O/c1-5-8-14-11-9-10-6-7-13(11,4)12(10,2)3/h10-11H,6-7,9H2,1-4H3/t10-,11?,13+/m0/s1. The fraction of sp³-hybridized carbons (Fsp3) is 0.846. The van der Waals surface area contributed by atoms with Crippen molar-refractivity contribution in [2.24, 2.45) is 16.7 Å². The molecule has 2 saturated carbocycles. The number of hydrogen-bond donors (Lipinski definition) is 0. The van der Waals surface area contributed by atoms with Crippen molar-refractivity contribution < 1.29 is 4.74 Å². The average Bonchev–Trinajstić information content (AvgIpc) is 2.46. The Morgan fingerprint density at radius 3 is 2.43 bits per heavy atom. The van der Waals surface area contributed by atoms with Crippen LogP contribution in [0.4, 0.5) is 0 Å². The Morgan fingerprint density at radius 2 is 2.00 bits per heavy atom. The Morgan fingerprint density at radius 1 is 1.29 bits per heavy atom. The highest BCUT2D eigenvalue weighted by molar-refractivity contribution is 5.12. The molecule has 2 aliphatic carbocycles. The molecule has 2 rings (SSSR count). The van der Waals surface area contributed by atoms with E-state index in [2.05, 4.69) is 32.8 Å². The lowest BCUT2D eigenvalue weighted by Crippen LogP contribution is -2.36. The molecule has 1 nitrogen and oxygen atoms in total. The van der Waals surface area contributed by atoms with Gasteiger partial charge in [-0.15, -0.1) is 0 Å². The van der Waals surface area contributed by atoms with E-state index in [4.69, 9.17) is 4.74 Å². The Balaban J connectivity index is 2.21. The third kappa shape index (κ3) is 1.03. The van der Waals surface area contributed by atoms with E-state index in [0.29, 0.717) is 16.9 Å². The third-order valence-corrected chi connectivity index (χ3v) is 5.02. The molecule has 14 heavy (non-hydrogen) atoms. The van der Waals surface area contributed by atoms with Crippen LogP contribution in [0, 0.1) is 28.8 Å². The second-order valence-corrected chi connectivity index (χ2v) is 5.57. The van der Waals surface area contributed by atoms with Crippen LogP contribution in [-0.4, -0.2) is 6.10 Å². The normalized spacial score (nSPS) is 43.1. The monoisotopic (exact) mass is 192 g/mol. The molecule has 0 N–H and O–H groups in total. The van der Waals surface area contributed by atoms with Gasteiger partial charge in [0.05, 0.1) is 0 Å². The van der Waals surface area contributed by atoms with Crippen LogP contribution in [0.1, 0.15) is 47.0 Å². The topological polar surface area (TPSA) is 9.23 Å². The maximum absolute atomic E-state index is 5.66. The number of fused-ring (bicyclic) bond motifs is 2. The summed E-state index contributed by atoms with van der Waals surface area (Å²) in [4.78, 5) is 0. The summed E-state index contributed by atoms with van der Waals surface area (Å²) >= 11 is 0. The molecule has 3 atom stereocenters. The minimum atomic E-state index is 0.349. The number of rotatable bonds is 1. The van der Waals surface area contributed by atoms with Crippen LogP contribution in [0.3, 0.4) is 0 Å². The first-order valence-electron chi connectivity index (χ1n) is 5.60.